The van der Waals surface area contributed by atoms with Crippen LogP contribution in [0.5, 0.6) is 5.75 Å². The maximum Gasteiger partial charge on any atom is 0.261 e. The van der Waals surface area contributed by atoms with E-state index in [9.17, 15) is 4.79 Å². The number of thiophene rings is 1. The van der Waals surface area contributed by atoms with Gasteiger partial charge in [-0.2, -0.15) is 0 Å². The number of aromatic nitrogens is 2. The van der Waals surface area contributed by atoms with Crippen LogP contribution >= 0.6 is 22.9 Å². The van der Waals surface area contributed by atoms with Crippen LogP contribution in [0, 0.1) is 0 Å². The number of hydrogen-bond donors (Lipinski definition) is 1. The van der Waals surface area contributed by atoms with Crippen molar-refractivity contribution in [3.63, 3.8) is 0 Å². The van der Waals surface area contributed by atoms with Gasteiger partial charge < -0.3 is 14.6 Å². The van der Waals surface area contributed by atoms with E-state index in [1.165, 1.54) is 11.3 Å². The fraction of sp³-hybridized carbons (Fsp3) is 0.250. The van der Waals surface area contributed by atoms with Crippen molar-refractivity contribution in [1.82, 2.24) is 14.9 Å². The van der Waals surface area contributed by atoms with Crippen LogP contribution in [0.1, 0.15) is 28.3 Å². The van der Waals surface area contributed by atoms with E-state index >= 15 is 0 Å². The predicted molar refractivity (Wildman–Crippen MR) is 126 cm³/mol. The number of rotatable bonds is 10. The molecular formula is C24H24ClN3O2S. The molecule has 0 radical (unpaired) electrons. The third-order valence-electron chi connectivity index (χ3n) is 4.95. The summed E-state index contributed by atoms with van der Waals surface area (Å²) >= 11 is 7.37. The Morgan fingerprint density at radius 3 is 2.71 bits per heavy atom. The number of benzene rings is 2. The summed E-state index contributed by atoms with van der Waals surface area (Å²) in [5, 5.41) is 5.60. The molecule has 0 fully saturated rings. The molecule has 2 aromatic carbocycles. The van der Waals surface area contributed by atoms with Crippen molar-refractivity contribution in [2.45, 2.75) is 25.8 Å². The largest absolute Gasteiger partial charge is 0.494 e. The summed E-state index contributed by atoms with van der Waals surface area (Å²) in [5.41, 5.74) is 2.13. The number of carbonyl (C=O) groups is 1. The van der Waals surface area contributed by atoms with E-state index in [1.807, 2.05) is 60.0 Å². The lowest BCUT2D eigenvalue weighted by atomic mass is 10.2. The quantitative estimate of drug-likeness (QED) is 0.319. The third-order valence-corrected chi connectivity index (χ3v) is 6.07. The molecule has 2 heterocycles. The van der Waals surface area contributed by atoms with Gasteiger partial charge in [-0.1, -0.05) is 29.8 Å². The van der Waals surface area contributed by atoms with Crippen LogP contribution in [-0.2, 0) is 13.0 Å². The molecule has 0 bridgehead atoms. The van der Waals surface area contributed by atoms with E-state index in [-0.39, 0.29) is 5.91 Å². The minimum atomic E-state index is -0.0112. The van der Waals surface area contributed by atoms with Gasteiger partial charge in [0.15, 0.2) is 0 Å². The number of aryl methyl sites for hydroxylation is 2. The summed E-state index contributed by atoms with van der Waals surface area (Å²) in [4.78, 5) is 17.7. The van der Waals surface area contributed by atoms with Crippen LogP contribution in [-0.4, -0.2) is 28.6 Å². The highest BCUT2D eigenvalue weighted by Gasteiger charge is 2.11. The van der Waals surface area contributed by atoms with Crippen LogP contribution in [0.25, 0.3) is 11.0 Å². The SMILES string of the molecule is O=C(NCCCc1nc2ccccc2n1CCCOc1ccc(Cl)cc1)c1cccs1. The Morgan fingerprint density at radius 2 is 1.90 bits per heavy atom. The Morgan fingerprint density at radius 1 is 1.06 bits per heavy atom. The Balaban J connectivity index is 1.32. The first kappa shape index (κ1) is 21.4. The van der Waals surface area contributed by atoms with Crippen LogP contribution in [0.3, 0.4) is 0 Å². The smallest absolute Gasteiger partial charge is 0.261 e. The first-order chi connectivity index (χ1) is 15.2. The molecule has 31 heavy (non-hydrogen) atoms. The standard InChI is InChI=1S/C24H24ClN3O2S/c25-18-10-12-19(13-11-18)30-16-5-15-28-21-7-2-1-6-20(21)27-23(28)9-3-14-26-24(29)22-8-4-17-31-22/h1-2,4,6-8,10-13,17H,3,5,9,14-16H2,(H,26,29). The lowest BCUT2D eigenvalue weighted by Crippen LogP contribution is -2.24. The summed E-state index contributed by atoms with van der Waals surface area (Å²) in [6, 6.07) is 19.3. The Hall–Kier alpha value is -2.83. The third kappa shape index (κ3) is 5.66. The van der Waals surface area contributed by atoms with E-state index < -0.39 is 0 Å². The number of halogens is 1. The normalized spacial score (nSPS) is 11.0. The Labute approximate surface area is 190 Å². The highest BCUT2D eigenvalue weighted by molar-refractivity contribution is 7.12. The van der Waals surface area contributed by atoms with Gasteiger partial charge in [-0.05, 0) is 60.7 Å². The lowest BCUT2D eigenvalue weighted by Gasteiger charge is -2.11. The number of amides is 1. The molecule has 7 heteroatoms. The van der Waals surface area contributed by atoms with Gasteiger partial charge in [-0.25, -0.2) is 4.98 Å². The molecule has 4 aromatic rings. The van der Waals surface area contributed by atoms with Crippen LogP contribution in [0.4, 0.5) is 0 Å². The maximum absolute atomic E-state index is 12.1. The zero-order valence-electron chi connectivity index (χ0n) is 17.1. The fourth-order valence-electron chi connectivity index (χ4n) is 3.45. The minimum absolute atomic E-state index is 0.0112. The van der Waals surface area contributed by atoms with Crippen molar-refractivity contribution in [3.8, 4) is 5.75 Å². The molecule has 5 nitrogen and oxygen atoms in total. The second-order valence-electron chi connectivity index (χ2n) is 7.16. The molecule has 0 saturated heterocycles. The lowest BCUT2D eigenvalue weighted by molar-refractivity contribution is 0.0957. The van der Waals surface area contributed by atoms with Crippen molar-refractivity contribution in [2.75, 3.05) is 13.2 Å². The molecule has 0 spiro atoms. The average molecular weight is 454 g/mol. The maximum atomic E-state index is 12.1. The molecule has 1 amide bonds. The fourth-order valence-corrected chi connectivity index (χ4v) is 4.22. The van der Waals surface area contributed by atoms with Gasteiger partial charge in [0.05, 0.1) is 22.5 Å². The van der Waals surface area contributed by atoms with Crippen molar-refractivity contribution in [2.24, 2.45) is 0 Å². The average Bonchev–Trinajstić information content (AvgIpc) is 3.44. The van der Waals surface area contributed by atoms with Gasteiger partial charge in [0, 0.05) is 24.5 Å². The first-order valence-corrected chi connectivity index (χ1v) is 11.6. The number of carbonyl (C=O) groups excluding carboxylic acids is 1. The first-order valence-electron chi connectivity index (χ1n) is 10.3. The Bertz CT molecular complexity index is 1120. The monoisotopic (exact) mass is 453 g/mol. The van der Waals surface area contributed by atoms with Gasteiger partial charge in [0.1, 0.15) is 11.6 Å². The highest BCUT2D eigenvalue weighted by Crippen LogP contribution is 2.19. The number of para-hydroxylation sites is 2. The van der Waals surface area contributed by atoms with E-state index in [0.29, 0.717) is 18.2 Å². The van der Waals surface area contributed by atoms with Gasteiger partial charge in [0.2, 0.25) is 0 Å². The molecule has 1 N–H and O–H groups in total. The van der Waals surface area contributed by atoms with Crippen molar-refractivity contribution < 1.29 is 9.53 Å². The van der Waals surface area contributed by atoms with Gasteiger partial charge >= 0.3 is 0 Å². The molecule has 0 aliphatic carbocycles. The molecule has 4 rings (SSSR count). The molecule has 160 valence electrons. The predicted octanol–water partition coefficient (Wildman–Crippen LogP) is 5.58. The van der Waals surface area contributed by atoms with Crippen LogP contribution in [0.2, 0.25) is 5.02 Å². The van der Waals surface area contributed by atoms with Crippen molar-refractivity contribution >= 4 is 39.9 Å². The van der Waals surface area contributed by atoms with E-state index in [2.05, 4.69) is 16.0 Å². The summed E-state index contributed by atoms with van der Waals surface area (Å²) in [6.07, 6.45) is 2.50. The van der Waals surface area contributed by atoms with E-state index in [1.54, 1.807) is 0 Å². The summed E-state index contributed by atoms with van der Waals surface area (Å²) in [7, 11) is 0. The molecule has 0 saturated carbocycles. The molecule has 0 atom stereocenters. The zero-order chi connectivity index (χ0) is 21.5. The summed E-state index contributed by atoms with van der Waals surface area (Å²) in [5.74, 6) is 1.85. The van der Waals surface area contributed by atoms with Gasteiger partial charge in [-0.15, -0.1) is 11.3 Å². The van der Waals surface area contributed by atoms with Crippen LogP contribution < -0.4 is 10.1 Å². The number of imidazole rings is 1. The summed E-state index contributed by atoms with van der Waals surface area (Å²) < 4.78 is 8.10. The number of ether oxygens (including phenoxy) is 1. The minimum Gasteiger partial charge on any atom is -0.494 e. The molecule has 0 aliphatic heterocycles. The number of fused-ring (bicyclic) bond motifs is 1. The summed E-state index contributed by atoms with van der Waals surface area (Å²) in [6.45, 7) is 2.06. The number of hydrogen-bond acceptors (Lipinski definition) is 4. The molecule has 2 aromatic heterocycles. The molecular weight excluding hydrogens is 430 g/mol. The van der Waals surface area contributed by atoms with E-state index in [0.717, 1.165) is 53.3 Å². The topological polar surface area (TPSA) is 56.2 Å². The van der Waals surface area contributed by atoms with Gasteiger partial charge in [0.25, 0.3) is 5.91 Å². The molecule has 0 aliphatic rings. The number of nitrogens with zero attached hydrogens (tertiary/aromatic N) is 2. The number of nitrogens with one attached hydrogen (secondary N) is 1. The Kier molecular flexibility index (Phi) is 7.22. The zero-order valence-corrected chi connectivity index (χ0v) is 18.7. The van der Waals surface area contributed by atoms with E-state index in [4.69, 9.17) is 21.3 Å². The molecule has 0 unspecified atom stereocenters. The van der Waals surface area contributed by atoms with Gasteiger partial charge in [-0.3, -0.25) is 4.79 Å². The van der Waals surface area contributed by atoms with Crippen LogP contribution in [0.15, 0.2) is 66.0 Å². The van der Waals surface area contributed by atoms with Crippen molar-refractivity contribution in [1.29, 1.82) is 0 Å². The second kappa shape index (κ2) is 10.5. The second-order valence-corrected chi connectivity index (χ2v) is 8.55. The highest BCUT2D eigenvalue weighted by atomic mass is 35.5. The van der Waals surface area contributed by atoms with Crippen molar-refractivity contribution in [3.05, 3.63) is 81.8 Å².